The van der Waals surface area contributed by atoms with Crippen LogP contribution in [0.5, 0.6) is 0 Å². The third-order valence-corrected chi connectivity index (χ3v) is 4.44. The molecular weight excluding hydrogens is 397 g/mol. The number of urea groups is 1. The number of hydrogen-bond acceptors (Lipinski definition) is 4. The number of halogens is 3. The SMILES string of the molecule is CC(C)c1ccc(NC(=O)N[C@@H](C)c2nc(-c3cccc(C(F)(F)F)c3)no2)cc1. The Morgan fingerprint density at radius 3 is 2.40 bits per heavy atom. The molecule has 30 heavy (non-hydrogen) atoms. The lowest BCUT2D eigenvalue weighted by atomic mass is 10.0. The molecule has 1 heterocycles. The third kappa shape index (κ3) is 5.16. The van der Waals surface area contributed by atoms with E-state index in [-0.39, 0.29) is 17.3 Å². The van der Waals surface area contributed by atoms with Gasteiger partial charge in [-0.1, -0.05) is 43.3 Å². The van der Waals surface area contributed by atoms with Crippen LogP contribution in [0.3, 0.4) is 0 Å². The molecule has 0 spiro atoms. The minimum Gasteiger partial charge on any atom is -0.337 e. The average molecular weight is 418 g/mol. The van der Waals surface area contributed by atoms with Crippen molar-refractivity contribution in [1.29, 1.82) is 0 Å². The summed E-state index contributed by atoms with van der Waals surface area (Å²) in [5, 5.41) is 9.09. The molecule has 1 atom stereocenters. The number of anilines is 1. The van der Waals surface area contributed by atoms with Crippen LogP contribution < -0.4 is 10.6 Å². The van der Waals surface area contributed by atoms with Crippen LogP contribution in [0, 0.1) is 0 Å². The predicted octanol–water partition coefficient (Wildman–Crippen LogP) is 5.76. The molecule has 9 heteroatoms. The molecule has 0 aliphatic heterocycles. The molecule has 1 aromatic heterocycles. The van der Waals surface area contributed by atoms with Gasteiger partial charge in [0.05, 0.1) is 5.56 Å². The first-order valence-corrected chi connectivity index (χ1v) is 9.32. The third-order valence-electron chi connectivity index (χ3n) is 4.44. The zero-order valence-corrected chi connectivity index (χ0v) is 16.6. The summed E-state index contributed by atoms with van der Waals surface area (Å²) in [6.07, 6.45) is -4.47. The summed E-state index contributed by atoms with van der Waals surface area (Å²) in [6, 6.07) is 11.0. The lowest BCUT2D eigenvalue weighted by Crippen LogP contribution is -2.31. The molecule has 2 N–H and O–H groups in total. The largest absolute Gasteiger partial charge is 0.416 e. The van der Waals surface area contributed by atoms with Gasteiger partial charge in [0.1, 0.15) is 6.04 Å². The van der Waals surface area contributed by atoms with Gasteiger partial charge >= 0.3 is 12.2 Å². The molecule has 0 saturated carbocycles. The van der Waals surface area contributed by atoms with Gasteiger partial charge in [0.25, 0.3) is 0 Å². The van der Waals surface area contributed by atoms with Crippen molar-refractivity contribution in [2.45, 2.75) is 38.9 Å². The van der Waals surface area contributed by atoms with Gasteiger partial charge in [-0.05, 0) is 42.7 Å². The highest BCUT2D eigenvalue weighted by molar-refractivity contribution is 5.89. The number of aromatic nitrogens is 2. The van der Waals surface area contributed by atoms with Crippen LogP contribution in [0.15, 0.2) is 53.1 Å². The fourth-order valence-corrected chi connectivity index (χ4v) is 2.74. The van der Waals surface area contributed by atoms with Crippen molar-refractivity contribution in [2.75, 3.05) is 5.32 Å². The summed E-state index contributed by atoms with van der Waals surface area (Å²) in [7, 11) is 0. The van der Waals surface area contributed by atoms with Crippen molar-refractivity contribution in [3.05, 3.63) is 65.5 Å². The Kier molecular flexibility index (Phi) is 6.09. The molecule has 2 aromatic carbocycles. The van der Waals surface area contributed by atoms with E-state index in [4.69, 9.17) is 4.52 Å². The van der Waals surface area contributed by atoms with Crippen LogP contribution in [-0.2, 0) is 6.18 Å². The van der Waals surface area contributed by atoms with Crippen LogP contribution in [-0.4, -0.2) is 16.2 Å². The predicted molar refractivity (Wildman–Crippen MR) is 106 cm³/mol. The quantitative estimate of drug-likeness (QED) is 0.552. The number of hydrogen-bond donors (Lipinski definition) is 2. The Labute approximate surface area is 171 Å². The lowest BCUT2D eigenvalue weighted by molar-refractivity contribution is -0.137. The first-order chi connectivity index (χ1) is 14.1. The van der Waals surface area contributed by atoms with Crippen LogP contribution in [0.1, 0.15) is 49.7 Å². The topological polar surface area (TPSA) is 80.0 Å². The van der Waals surface area contributed by atoms with Gasteiger partial charge in [-0.25, -0.2) is 4.79 Å². The summed E-state index contributed by atoms with van der Waals surface area (Å²) in [5.74, 6) is 0.471. The van der Waals surface area contributed by atoms with E-state index in [0.29, 0.717) is 11.6 Å². The fraction of sp³-hybridized carbons (Fsp3) is 0.286. The average Bonchev–Trinajstić information content (AvgIpc) is 3.18. The highest BCUT2D eigenvalue weighted by Gasteiger charge is 2.31. The second-order valence-corrected chi connectivity index (χ2v) is 7.13. The summed E-state index contributed by atoms with van der Waals surface area (Å²) in [6.45, 7) is 5.79. The van der Waals surface area contributed by atoms with E-state index >= 15 is 0 Å². The van der Waals surface area contributed by atoms with Crippen LogP contribution >= 0.6 is 0 Å². The Morgan fingerprint density at radius 2 is 1.77 bits per heavy atom. The van der Waals surface area contributed by atoms with Gasteiger partial charge in [-0.2, -0.15) is 18.2 Å². The van der Waals surface area contributed by atoms with Crippen molar-refractivity contribution in [3.63, 3.8) is 0 Å². The van der Waals surface area contributed by atoms with Gasteiger partial charge in [-0.3, -0.25) is 0 Å². The molecule has 3 rings (SSSR count). The number of benzene rings is 2. The van der Waals surface area contributed by atoms with E-state index < -0.39 is 23.8 Å². The van der Waals surface area contributed by atoms with E-state index in [1.54, 1.807) is 19.1 Å². The van der Waals surface area contributed by atoms with Crippen LogP contribution in [0.4, 0.5) is 23.7 Å². The van der Waals surface area contributed by atoms with Crippen molar-refractivity contribution in [3.8, 4) is 11.4 Å². The Morgan fingerprint density at radius 1 is 1.07 bits per heavy atom. The number of rotatable bonds is 5. The van der Waals surface area contributed by atoms with E-state index in [0.717, 1.165) is 17.7 Å². The molecule has 0 radical (unpaired) electrons. The molecular formula is C21H21F3N4O2. The van der Waals surface area contributed by atoms with Crippen LogP contribution in [0.2, 0.25) is 0 Å². The number of carbonyl (C=O) groups is 1. The zero-order chi connectivity index (χ0) is 21.9. The number of nitrogens with one attached hydrogen (secondary N) is 2. The van der Waals surface area contributed by atoms with Gasteiger partial charge in [0, 0.05) is 11.3 Å². The summed E-state index contributed by atoms with van der Waals surface area (Å²) < 4.78 is 43.8. The van der Waals surface area contributed by atoms with E-state index in [9.17, 15) is 18.0 Å². The first-order valence-electron chi connectivity index (χ1n) is 9.32. The summed E-state index contributed by atoms with van der Waals surface area (Å²) in [5.41, 5.74) is 1.14. The minimum atomic E-state index is -4.47. The fourth-order valence-electron chi connectivity index (χ4n) is 2.74. The smallest absolute Gasteiger partial charge is 0.337 e. The lowest BCUT2D eigenvalue weighted by Gasteiger charge is -2.12. The number of carbonyl (C=O) groups excluding carboxylic acids is 1. The van der Waals surface area contributed by atoms with Gasteiger partial charge in [0.15, 0.2) is 0 Å². The minimum absolute atomic E-state index is 0.00873. The van der Waals surface area contributed by atoms with Crippen molar-refractivity contribution < 1.29 is 22.5 Å². The monoisotopic (exact) mass is 418 g/mol. The van der Waals surface area contributed by atoms with Crippen LogP contribution in [0.25, 0.3) is 11.4 Å². The molecule has 158 valence electrons. The Balaban J connectivity index is 1.65. The molecule has 0 aliphatic rings. The molecule has 0 aliphatic carbocycles. The van der Waals surface area contributed by atoms with E-state index in [1.165, 1.54) is 12.1 Å². The van der Waals surface area contributed by atoms with Crippen molar-refractivity contribution >= 4 is 11.7 Å². The van der Waals surface area contributed by atoms with Crippen molar-refractivity contribution in [2.24, 2.45) is 0 Å². The van der Waals surface area contributed by atoms with Gasteiger partial charge in [-0.15, -0.1) is 0 Å². The van der Waals surface area contributed by atoms with Gasteiger partial charge < -0.3 is 15.2 Å². The highest BCUT2D eigenvalue weighted by atomic mass is 19.4. The van der Waals surface area contributed by atoms with Crippen molar-refractivity contribution in [1.82, 2.24) is 15.5 Å². The molecule has 6 nitrogen and oxygen atoms in total. The molecule has 0 saturated heterocycles. The van der Waals surface area contributed by atoms with E-state index in [2.05, 4.69) is 34.6 Å². The molecule has 0 unspecified atom stereocenters. The maximum absolute atomic E-state index is 12.9. The highest BCUT2D eigenvalue weighted by Crippen LogP contribution is 2.31. The molecule has 3 aromatic rings. The maximum atomic E-state index is 12.9. The Hall–Kier alpha value is -3.36. The number of nitrogens with zero attached hydrogens (tertiary/aromatic N) is 2. The maximum Gasteiger partial charge on any atom is 0.416 e. The number of alkyl halides is 3. The standard InChI is InChI=1S/C21H21F3N4O2/c1-12(2)14-7-9-17(10-8-14)26-20(29)25-13(3)19-27-18(28-30-19)15-5-4-6-16(11-15)21(22,23)24/h4-13H,1-3H3,(H2,25,26,29)/t13-/m0/s1. The summed E-state index contributed by atoms with van der Waals surface area (Å²) >= 11 is 0. The molecule has 0 bridgehead atoms. The second-order valence-electron chi connectivity index (χ2n) is 7.13. The number of amides is 2. The molecule has 0 fully saturated rings. The molecule has 2 amide bonds. The zero-order valence-electron chi connectivity index (χ0n) is 16.6. The normalized spacial score (nSPS) is 12.6. The Bertz CT molecular complexity index is 1010. The van der Waals surface area contributed by atoms with Gasteiger partial charge in [0.2, 0.25) is 11.7 Å². The second kappa shape index (κ2) is 8.56. The van der Waals surface area contributed by atoms with E-state index in [1.807, 2.05) is 12.1 Å². The first kappa shape index (κ1) is 21.4. The summed E-state index contributed by atoms with van der Waals surface area (Å²) in [4.78, 5) is 16.3.